The number of nitrogens with zero attached hydrogens (tertiary/aromatic N) is 4. The zero-order valence-corrected chi connectivity index (χ0v) is 17.9. The van der Waals surface area contributed by atoms with Gasteiger partial charge in [0.05, 0.1) is 6.54 Å². The molecule has 0 bridgehead atoms. The number of imidazole rings is 1. The first kappa shape index (κ1) is 21.4. The summed E-state index contributed by atoms with van der Waals surface area (Å²) in [4.78, 5) is 25.1. The van der Waals surface area contributed by atoms with E-state index in [0.717, 1.165) is 24.9 Å². The number of amides is 1. The fraction of sp³-hybridized carbons (Fsp3) is 0.429. The minimum atomic E-state index is -0.306. The van der Waals surface area contributed by atoms with Crippen LogP contribution in [0.1, 0.15) is 56.5 Å². The van der Waals surface area contributed by atoms with Gasteiger partial charge < -0.3 is 21.5 Å². The summed E-state index contributed by atoms with van der Waals surface area (Å²) in [5.41, 5.74) is 7.98. The number of carbonyl (C=O) groups excluding carboxylic acids is 1. The number of aromatic hydroxyl groups is 1. The molecule has 5 N–H and O–H groups in total. The van der Waals surface area contributed by atoms with Crippen LogP contribution in [0, 0.1) is 0 Å². The van der Waals surface area contributed by atoms with Gasteiger partial charge >= 0.3 is 0 Å². The molecule has 9 nitrogen and oxygen atoms in total. The lowest BCUT2D eigenvalue weighted by molar-refractivity contribution is 0.0919. The molecule has 3 aromatic rings. The highest BCUT2D eigenvalue weighted by molar-refractivity contribution is 5.94. The zero-order chi connectivity index (χ0) is 21.9. The molecule has 3 rings (SSSR count). The number of anilines is 2. The van der Waals surface area contributed by atoms with Gasteiger partial charge in [0.25, 0.3) is 11.9 Å². The Bertz CT molecular complexity index is 1040. The smallest absolute Gasteiger partial charge is 0.296 e. The van der Waals surface area contributed by atoms with Gasteiger partial charge in [-0.05, 0) is 44.9 Å². The van der Waals surface area contributed by atoms with Crippen LogP contribution in [0.4, 0.5) is 11.8 Å². The minimum Gasteiger partial charge on any atom is -0.480 e. The van der Waals surface area contributed by atoms with Gasteiger partial charge in [-0.1, -0.05) is 25.5 Å². The third-order valence-electron chi connectivity index (χ3n) is 4.46. The highest BCUT2D eigenvalue weighted by Gasteiger charge is 2.18. The SMILES string of the molecule is CCCCNc1nc(N)c2nc(O)n(Cc3ccc(C(=O)NC(C)(C)C)cc3)c2n1. The van der Waals surface area contributed by atoms with Crippen molar-refractivity contribution >= 4 is 28.8 Å². The van der Waals surface area contributed by atoms with E-state index in [1.807, 2.05) is 32.9 Å². The van der Waals surface area contributed by atoms with E-state index in [2.05, 4.69) is 32.5 Å². The Kier molecular flexibility index (Phi) is 6.09. The van der Waals surface area contributed by atoms with E-state index in [1.54, 1.807) is 16.7 Å². The lowest BCUT2D eigenvalue weighted by Crippen LogP contribution is -2.40. The summed E-state index contributed by atoms with van der Waals surface area (Å²) >= 11 is 0. The van der Waals surface area contributed by atoms with Crippen molar-refractivity contribution in [3.8, 4) is 6.01 Å². The summed E-state index contributed by atoms with van der Waals surface area (Å²) in [7, 11) is 0. The van der Waals surface area contributed by atoms with Crippen molar-refractivity contribution in [2.45, 2.75) is 52.6 Å². The molecular formula is C21H29N7O2. The molecule has 0 aliphatic rings. The van der Waals surface area contributed by atoms with E-state index >= 15 is 0 Å². The molecule has 0 unspecified atom stereocenters. The molecule has 0 atom stereocenters. The van der Waals surface area contributed by atoms with Gasteiger partial charge in [0, 0.05) is 17.6 Å². The van der Waals surface area contributed by atoms with E-state index in [0.29, 0.717) is 29.2 Å². The largest absolute Gasteiger partial charge is 0.480 e. The molecule has 9 heteroatoms. The molecule has 30 heavy (non-hydrogen) atoms. The van der Waals surface area contributed by atoms with Gasteiger partial charge in [-0.3, -0.25) is 9.36 Å². The zero-order valence-electron chi connectivity index (χ0n) is 17.9. The molecule has 0 radical (unpaired) electrons. The lowest BCUT2D eigenvalue weighted by atomic mass is 10.1. The lowest BCUT2D eigenvalue weighted by Gasteiger charge is -2.20. The third-order valence-corrected chi connectivity index (χ3v) is 4.46. The van der Waals surface area contributed by atoms with Crippen LogP contribution in [0.2, 0.25) is 0 Å². The predicted octanol–water partition coefficient (Wildman–Crippen LogP) is 2.90. The Morgan fingerprint density at radius 1 is 1.17 bits per heavy atom. The molecule has 0 aliphatic heterocycles. The predicted molar refractivity (Wildman–Crippen MR) is 118 cm³/mol. The fourth-order valence-corrected chi connectivity index (χ4v) is 2.97. The van der Waals surface area contributed by atoms with Crippen LogP contribution in [-0.4, -0.2) is 42.6 Å². The molecule has 0 saturated heterocycles. The summed E-state index contributed by atoms with van der Waals surface area (Å²) in [5, 5.41) is 16.4. The van der Waals surface area contributed by atoms with Crippen LogP contribution in [0.15, 0.2) is 24.3 Å². The van der Waals surface area contributed by atoms with Crippen LogP contribution in [-0.2, 0) is 6.54 Å². The van der Waals surface area contributed by atoms with Crippen molar-refractivity contribution in [1.29, 1.82) is 0 Å². The number of hydrogen-bond donors (Lipinski definition) is 4. The van der Waals surface area contributed by atoms with Crippen LogP contribution in [0.3, 0.4) is 0 Å². The van der Waals surface area contributed by atoms with Gasteiger partial charge in [0.2, 0.25) is 5.95 Å². The van der Waals surface area contributed by atoms with E-state index in [9.17, 15) is 9.90 Å². The topological polar surface area (TPSA) is 131 Å². The standard InChI is InChI=1S/C21H29N7O2/c1-5-6-11-23-19-25-16(22)15-17(26-19)28(20(30)24-15)12-13-7-9-14(10-8-13)18(29)27-21(2,3)4/h7-10H,5-6,11-12H2,1-4H3,(H,24,30)(H,27,29)(H3,22,23,25,26). The van der Waals surface area contributed by atoms with E-state index in [4.69, 9.17) is 5.73 Å². The number of fused-ring (bicyclic) bond motifs is 1. The van der Waals surface area contributed by atoms with Gasteiger partial charge in [0.1, 0.15) is 0 Å². The van der Waals surface area contributed by atoms with Gasteiger partial charge in [-0.25, -0.2) is 0 Å². The number of nitrogens with one attached hydrogen (secondary N) is 2. The van der Waals surface area contributed by atoms with Crippen molar-refractivity contribution < 1.29 is 9.90 Å². The monoisotopic (exact) mass is 411 g/mol. The van der Waals surface area contributed by atoms with Crippen LogP contribution in [0.25, 0.3) is 11.2 Å². The summed E-state index contributed by atoms with van der Waals surface area (Å²) < 4.78 is 1.57. The maximum Gasteiger partial charge on any atom is 0.296 e. The molecule has 2 heterocycles. The average Bonchev–Trinajstić information content (AvgIpc) is 2.98. The molecular weight excluding hydrogens is 382 g/mol. The van der Waals surface area contributed by atoms with Gasteiger partial charge in [-0.15, -0.1) is 0 Å². The Morgan fingerprint density at radius 3 is 2.50 bits per heavy atom. The van der Waals surface area contributed by atoms with Crippen molar-refractivity contribution in [1.82, 2.24) is 24.8 Å². The third kappa shape index (κ3) is 4.97. The first-order valence-corrected chi connectivity index (χ1v) is 10.1. The van der Waals surface area contributed by atoms with Crippen molar-refractivity contribution in [2.75, 3.05) is 17.6 Å². The Labute approximate surface area is 175 Å². The second-order valence-electron chi connectivity index (χ2n) is 8.28. The summed E-state index contributed by atoms with van der Waals surface area (Å²) in [6, 6.07) is 7.01. The number of benzene rings is 1. The molecule has 0 saturated carbocycles. The highest BCUT2D eigenvalue weighted by Crippen LogP contribution is 2.25. The van der Waals surface area contributed by atoms with Crippen molar-refractivity contribution in [3.63, 3.8) is 0 Å². The summed E-state index contributed by atoms with van der Waals surface area (Å²) in [5.74, 6) is 0.485. The number of carbonyl (C=O) groups is 1. The average molecular weight is 412 g/mol. The van der Waals surface area contributed by atoms with Gasteiger partial charge in [-0.2, -0.15) is 15.0 Å². The number of rotatable bonds is 7. The molecule has 0 spiro atoms. The van der Waals surface area contributed by atoms with E-state index in [1.165, 1.54) is 0 Å². The van der Waals surface area contributed by atoms with E-state index in [-0.39, 0.29) is 23.3 Å². The molecule has 0 aliphatic carbocycles. The quantitative estimate of drug-likeness (QED) is 0.440. The highest BCUT2D eigenvalue weighted by atomic mass is 16.3. The maximum absolute atomic E-state index is 12.3. The number of hydrogen-bond acceptors (Lipinski definition) is 7. The normalized spacial score (nSPS) is 11.6. The Morgan fingerprint density at radius 2 is 1.87 bits per heavy atom. The van der Waals surface area contributed by atoms with Crippen molar-refractivity contribution in [3.05, 3.63) is 35.4 Å². The molecule has 1 amide bonds. The van der Waals surface area contributed by atoms with Crippen LogP contribution < -0.4 is 16.4 Å². The molecule has 160 valence electrons. The first-order chi connectivity index (χ1) is 14.2. The fourth-order valence-electron chi connectivity index (χ4n) is 2.97. The summed E-state index contributed by atoms with van der Waals surface area (Å²) in [6.07, 6.45) is 2.04. The number of nitrogen functional groups attached to an aromatic ring is 1. The second-order valence-corrected chi connectivity index (χ2v) is 8.28. The van der Waals surface area contributed by atoms with Gasteiger partial charge in [0.15, 0.2) is 17.0 Å². The van der Waals surface area contributed by atoms with E-state index < -0.39 is 0 Å². The second kappa shape index (κ2) is 8.56. The number of aromatic nitrogens is 4. The van der Waals surface area contributed by atoms with Crippen LogP contribution in [0.5, 0.6) is 6.01 Å². The number of unbranched alkanes of at least 4 members (excludes halogenated alkanes) is 1. The molecule has 2 aromatic heterocycles. The number of nitrogens with two attached hydrogens (primary N) is 1. The van der Waals surface area contributed by atoms with Crippen LogP contribution >= 0.6 is 0 Å². The molecule has 0 fully saturated rings. The van der Waals surface area contributed by atoms with Crippen molar-refractivity contribution in [2.24, 2.45) is 0 Å². The molecule has 1 aromatic carbocycles. The summed E-state index contributed by atoms with van der Waals surface area (Å²) in [6.45, 7) is 8.97. The Hall–Kier alpha value is -3.36. The minimum absolute atomic E-state index is 0.131. The Balaban J connectivity index is 1.84. The maximum atomic E-state index is 12.3. The first-order valence-electron chi connectivity index (χ1n) is 10.1.